The molecule has 2 saturated heterocycles. The molecule has 144 valence electrons. The fraction of sp³-hybridized carbons (Fsp3) is 0.611. The van der Waals surface area contributed by atoms with Crippen molar-refractivity contribution >= 4 is 21.6 Å². The van der Waals surface area contributed by atoms with Gasteiger partial charge in [-0.25, -0.2) is 8.42 Å². The van der Waals surface area contributed by atoms with Gasteiger partial charge in [0, 0.05) is 44.3 Å². The van der Waals surface area contributed by atoms with E-state index in [1.165, 1.54) is 4.31 Å². The highest BCUT2D eigenvalue weighted by Crippen LogP contribution is 2.21. The Hall–Kier alpha value is -1.48. The summed E-state index contributed by atoms with van der Waals surface area (Å²) in [5.74, 6) is -0.0875. The van der Waals surface area contributed by atoms with E-state index >= 15 is 0 Å². The number of nitrogens with one attached hydrogen (secondary N) is 2. The van der Waals surface area contributed by atoms with Crippen molar-refractivity contribution in [3.63, 3.8) is 0 Å². The molecule has 0 aromatic heterocycles. The number of sulfonamides is 1. The second-order valence-electron chi connectivity index (χ2n) is 6.91. The number of carbonyl (C=O) groups is 1. The molecule has 2 aliphatic heterocycles. The molecule has 0 spiro atoms. The van der Waals surface area contributed by atoms with Gasteiger partial charge >= 0.3 is 0 Å². The zero-order chi connectivity index (χ0) is 18.6. The maximum Gasteiger partial charge on any atom is 0.243 e. The third-order valence-electron chi connectivity index (χ3n) is 5.13. The van der Waals surface area contributed by atoms with Crippen LogP contribution in [0.25, 0.3) is 0 Å². The molecule has 7 nitrogen and oxygen atoms in total. The van der Waals surface area contributed by atoms with E-state index in [0.29, 0.717) is 25.2 Å². The van der Waals surface area contributed by atoms with E-state index in [-0.39, 0.29) is 16.8 Å². The SMILES string of the molecule is CCN1CCN(S(=O)(=O)c2cccc(NC(=O)CC3CCCN3)c2)CC1. The number of anilines is 1. The standard InChI is InChI=1S/C18H28N4O3S/c1-2-21-9-11-22(12-10-21)26(24,25)17-7-3-5-16(13-17)20-18(23)14-15-6-4-8-19-15/h3,5,7,13,15,19H,2,4,6,8-12,14H2,1H3,(H,20,23). The first-order valence-electron chi connectivity index (χ1n) is 9.35. The molecule has 2 fully saturated rings. The van der Waals surface area contributed by atoms with Gasteiger partial charge in [0.25, 0.3) is 0 Å². The summed E-state index contributed by atoms with van der Waals surface area (Å²) in [7, 11) is -3.53. The first kappa shape index (κ1) is 19.3. The van der Waals surface area contributed by atoms with Crippen LogP contribution in [0, 0.1) is 0 Å². The summed E-state index contributed by atoms with van der Waals surface area (Å²) in [6.45, 7) is 6.47. The number of carbonyl (C=O) groups excluding carboxylic acids is 1. The topological polar surface area (TPSA) is 81.8 Å². The molecule has 2 heterocycles. The van der Waals surface area contributed by atoms with Crippen molar-refractivity contribution in [2.75, 3.05) is 44.6 Å². The average Bonchev–Trinajstić information content (AvgIpc) is 3.14. The van der Waals surface area contributed by atoms with E-state index in [1.54, 1.807) is 24.3 Å². The zero-order valence-corrected chi connectivity index (χ0v) is 16.1. The molecule has 0 saturated carbocycles. The molecule has 2 N–H and O–H groups in total. The van der Waals surface area contributed by atoms with Crippen molar-refractivity contribution in [3.8, 4) is 0 Å². The summed E-state index contributed by atoms with van der Waals surface area (Å²) in [5.41, 5.74) is 0.529. The number of piperazine rings is 1. The van der Waals surface area contributed by atoms with Crippen LogP contribution in [0.1, 0.15) is 26.2 Å². The van der Waals surface area contributed by atoms with Gasteiger partial charge in [-0.2, -0.15) is 4.31 Å². The molecule has 1 amide bonds. The Bertz CT molecular complexity index is 724. The van der Waals surface area contributed by atoms with Crippen LogP contribution in [0.2, 0.25) is 0 Å². The monoisotopic (exact) mass is 380 g/mol. The number of nitrogens with zero attached hydrogens (tertiary/aromatic N) is 2. The number of likely N-dealkylation sites (N-methyl/N-ethyl adjacent to an activating group) is 1. The van der Waals surface area contributed by atoms with Gasteiger partial charge in [-0.15, -0.1) is 0 Å². The number of rotatable bonds is 6. The molecule has 1 aromatic carbocycles. The fourth-order valence-corrected chi connectivity index (χ4v) is 5.00. The van der Waals surface area contributed by atoms with Crippen LogP contribution in [-0.4, -0.2) is 68.8 Å². The Morgan fingerprint density at radius 1 is 1.27 bits per heavy atom. The Morgan fingerprint density at radius 3 is 2.69 bits per heavy atom. The van der Waals surface area contributed by atoms with E-state index in [0.717, 1.165) is 39.0 Å². The fourth-order valence-electron chi connectivity index (χ4n) is 3.54. The highest BCUT2D eigenvalue weighted by molar-refractivity contribution is 7.89. The molecule has 1 unspecified atom stereocenters. The molecule has 3 rings (SSSR count). The lowest BCUT2D eigenvalue weighted by Gasteiger charge is -2.33. The van der Waals surface area contributed by atoms with Crippen molar-refractivity contribution in [2.24, 2.45) is 0 Å². The van der Waals surface area contributed by atoms with Gasteiger partial charge in [0.1, 0.15) is 0 Å². The van der Waals surface area contributed by atoms with Crippen LogP contribution in [0.5, 0.6) is 0 Å². The highest BCUT2D eigenvalue weighted by Gasteiger charge is 2.28. The maximum atomic E-state index is 12.9. The second kappa shape index (κ2) is 8.47. The minimum atomic E-state index is -3.53. The molecule has 8 heteroatoms. The smallest absolute Gasteiger partial charge is 0.243 e. The van der Waals surface area contributed by atoms with Crippen molar-refractivity contribution in [3.05, 3.63) is 24.3 Å². The van der Waals surface area contributed by atoms with Gasteiger partial charge in [-0.3, -0.25) is 4.79 Å². The summed E-state index contributed by atoms with van der Waals surface area (Å²) in [6.07, 6.45) is 2.51. The van der Waals surface area contributed by atoms with E-state index < -0.39 is 10.0 Å². The predicted octanol–water partition coefficient (Wildman–Crippen LogP) is 1.09. The second-order valence-corrected chi connectivity index (χ2v) is 8.85. The van der Waals surface area contributed by atoms with E-state index in [9.17, 15) is 13.2 Å². The lowest BCUT2D eigenvalue weighted by molar-refractivity contribution is -0.116. The summed E-state index contributed by atoms with van der Waals surface area (Å²) in [5, 5.41) is 6.12. The highest BCUT2D eigenvalue weighted by atomic mass is 32.2. The van der Waals surface area contributed by atoms with Gasteiger partial charge < -0.3 is 15.5 Å². The van der Waals surface area contributed by atoms with Gasteiger partial charge in [-0.1, -0.05) is 13.0 Å². The minimum Gasteiger partial charge on any atom is -0.326 e. The lowest BCUT2D eigenvalue weighted by atomic mass is 10.1. The number of amides is 1. The Kier molecular flexibility index (Phi) is 6.29. The van der Waals surface area contributed by atoms with Crippen LogP contribution < -0.4 is 10.6 Å². The molecule has 26 heavy (non-hydrogen) atoms. The minimum absolute atomic E-state index is 0.0875. The Morgan fingerprint density at radius 2 is 2.04 bits per heavy atom. The molecule has 0 radical (unpaired) electrons. The molecule has 0 bridgehead atoms. The Balaban J connectivity index is 1.65. The largest absolute Gasteiger partial charge is 0.326 e. The first-order valence-corrected chi connectivity index (χ1v) is 10.8. The molecule has 0 aliphatic carbocycles. The van der Waals surface area contributed by atoms with Crippen LogP contribution in [-0.2, 0) is 14.8 Å². The number of hydrogen-bond donors (Lipinski definition) is 2. The van der Waals surface area contributed by atoms with Crippen LogP contribution in [0.15, 0.2) is 29.2 Å². The van der Waals surface area contributed by atoms with E-state index in [1.807, 2.05) is 0 Å². The quantitative estimate of drug-likeness (QED) is 0.772. The molecule has 1 aromatic rings. The van der Waals surface area contributed by atoms with Gasteiger partial charge in [0.15, 0.2) is 0 Å². The number of hydrogen-bond acceptors (Lipinski definition) is 5. The summed E-state index contributed by atoms with van der Waals surface area (Å²) in [4.78, 5) is 14.7. The van der Waals surface area contributed by atoms with Crippen LogP contribution in [0.3, 0.4) is 0 Å². The third-order valence-corrected chi connectivity index (χ3v) is 7.02. The maximum absolute atomic E-state index is 12.9. The zero-order valence-electron chi connectivity index (χ0n) is 15.3. The van der Waals surface area contributed by atoms with Crippen molar-refractivity contribution in [1.29, 1.82) is 0 Å². The summed E-state index contributed by atoms with van der Waals surface area (Å²) in [6, 6.07) is 6.78. The van der Waals surface area contributed by atoms with Gasteiger partial charge in [0.05, 0.1) is 4.90 Å². The van der Waals surface area contributed by atoms with Crippen molar-refractivity contribution in [1.82, 2.24) is 14.5 Å². The van der Waals surface area contributed by atoms with E-state index in [2.05, 4.69) is 22.5 Å². The van der Waals surface area contributed by atoms with Gasteiger partial charge in [-0.05, 0) is 44.1 Å². The molecule has 1 atom stereocenters. The first-order chi connectivity index (χ1) is 12.5. The third kappa shape index (κ3) is 4.62. The van der Waals surface area contributed by atoms with Crippen molar-refractivity contribution in [2.45, 2.75) is 37.1 Å². The molecule has 2 aliphatic rings. The Labute approximate surface area is 155 Å². The van der Waals surface area contributed by atoms with Crippen LogP contribution >= 0.6 is 0 Å². The summed E-state index contributed by atoms with van der Waals surface area (Å²) < 4.78 is 27.3. The van der Waals surface area contributed by atoms with Gasteiger partial charge in [0.2, 0.25) is 15.9 Å². The molecular weight excluding hydrogens is 352 g/mol. The average molecular weight is 381 g/mol. The lowest BCUT2D eigenvalue weighted by Crippen LogP contribution is -2.48. The number of benzene rings is 1. The predicted molar refractivity (Wildman–Crippen MR) is 102 cm³/mol. The molecular formula is C18H28N4O3S. The van der Waals surface area contributed by atoms with Crippen molar-refractivity contribution < 1.29 is 13.2 Å². The normalized spacial score (nSPS) is 22.4. The van der Waals surface area contributed by atoms with Crippen LogP contribution in [0.4, 0.5) is 5.69 Å². The van der Waals surface area contributed by atoms with E-state index in [4.69, 9.17) is 0 Å². The summed E-state index contributed by atoms with van der Waals surface area (Å²) >= 11 is 0.